The van der Waals surface area contributed by atoms with Gasteiger partial charge >= 0.3 is 0 Å². The number of hydrogen-bond donors (Lipinski definition) is 0. The van der Waals surface area contributed by atoms with Crippen LogP contribution in [0.5, 0.6) is 23.0 Å². The molecule has 0 saturated carbocycles. The minimum atomic E-state index is 0.621. The molecule has 25 heavy (non-hydrogen) atoms. The third-order valence-electron chi connectivity index (χ3n) is 4.14. The van der Waals surface area contributed by atoms with Crippen LogP contribution in [0.15, 0.2) is 36.4 Å². The molecule has 0 saturated heterocycles. The zero-order chi connectivity index (χ0) is 18.2. The van der Waals surface area contributed by atoms with Crippen LogP contribution in [0.1, 0.15) is 11.1 Å². The van der Waals surface area contributed by atoms with E-state index in [1.807, 2.05) is 30.3 Å². The Morgan fingerprint density at radius 1 is 0.800 bits per heavy atom. The van der Waals surface area contributed by atoms with Gasteiger partial charge in [-0.05, 0) is 37.2 Å². The molecular weight excluding hydrogens is 318 g/mol. The Morgan fingerprint density at radius 3 is 1.96 bits per heavy atom. The zero-order valence-corrected chi connectivity index (χ0v) is 15.7. The normalized spacial score (nSPS) is 10.6. The van der Waals surface area contributed by atoms with Crippen molar-refractivity contribution >= 4 is 0 Å². The molecule has 136 valence electrons. The monoisotopic (exact) mass is 345 g/mol. The Kier molecular flexibility index (Phi) is 6.95. The number of hydrogen-bond acceptors (Lipinski definition) is 5. The summed E-state index contributed by atoms with van der Waals surface area (Å²) in [6, 6.07) is 12.1. The molecule has 2 rings (SSSR count). The quantitative estimate of drug-likeness (QED) is 0.697. The number of ether oxygens (including phenoxy) is 4. The van der Waals surface area contributed by atoms with Crippen molar-refractivity contribution in [3.8, 4) is 23.0 Å². The third kappa shape index (κ3) is 4.79. The van der Waals surface area contributed by atoms with Crippen LogP contribution < -0.4 is 18.9 Å². The van der Waals surface area contributed by atoms with Crippen LogP contribution in [0.3, 0.4) is 0 Å². The van der Waals surface area contributed by atoms with Crippen molar-refractivity contribution in [1.82, 2.24) is 4.90 Å². The van der Waals surface area contributed by atoms with Crippen LogP contribution in [0.4, 0.5) is 0 Å². The summed E-state index contributed by atoms with van der Waals surface area (Å²) >= 11 is 0. The summed E-state index contributed by atoms with van der Waals surface area (Å²) in [5, 5.41) is 0. The first kappa shape index (κ1) is 18.9. The summed E-state index contributed by atoms with van der Waals surface area (Å²) in [6.07, 6.45) is 0.877. The van der Waals surface area contributed by atoms with Gasteiger partial charge < -0.3 is 23.8 Å². The lowest BCUT2D eigenvalue weighted by atomic mass is 10.1. The zero-order valence-electron chi connectivity index (χ0n) is 15.7. The van der Waals surface area contributed by atoms with E-state index in [9.17, 15) is 0 Å². The minimum Gasteiger partial charge on any atom is -0.496 e. The smallest absolute Gasteiger partial charge is 0.203 e. The molecule has 0 fully saturated rings. The van der Waals surface area contributed by atoms with Crippen molar-refractivity contribution in [2.45, 2.75) is 13.0 Å². The van der Waals surface area contributed by atoms with Crippen LogP contribution in [-0.4, -0.2) is 46.9 Å². The third-order valence-corrected chi connectivity index (χ3v) is 4.14. The molecule has 0 aromatic heterocycles. The summed E-state index contributed by atoms with van der Waals surface area (Å²) in [5.41, 5.74) is 2.32. The summed E-state index contributed by atoms with van der Waals surface area (Å²) < 4.78 is 21.6. The molecule has 0 N–H and O–H groups in total. The molecular formula is C20H27NO4. The van der Waals surface area contributed by atoms with Crippen molar-refractivity contribution in [1.29, 1.82) is 0 Å². The van der Waals surface area contributed by atoms with Crippen molar-refractivity contribution < 1.29 is 18.9 Å². The molecule has 0 unspecified atom stereocenters. The van der Waals surface area contributed by atoms with Gasteiger partial charge in [-0.2, -0.15) is 0 Å². The first-order valence-corrected chi connectivity index (χ1v) is 8.22. The van der Waals surface area contributed by atoms with Crippen LogP contribution in [0.25, 0.3) is 0 Å². The molecule has 0 bridgehead atoms. The average Bonchev–Trinajstić information content (AvgIpc) is 2.65. The number of para-hydroxylation sites is 1. The fourth-order valence-electron chi connectivity index (χ4n) is 2.80. The van der Waals surface area contributed by atoms with Gasteiger partial charge in [0.1, 0.15) is 5.75 Å². The van der Waals surface area contributed by atoms with Crippen molar-refractivity contribution in [2.24, 2.45) is 0 Å². The Labute approximate surface area is 150 Å². The molecule has 0 amide bonds. The van der Waals surface area contributed by atoms with Gasteiger partial charge in [-0.15, -0.1) is 0 Å². The van der Waals surface area contributed by atoms with E-state index in [2.05, 4.69) is 18.0 Å². The van der Waals surface area contributed by atoms with Crippen LogP contribution in [0.2, 0.25) is 0 Å². The van der Waals surface area contributed by atoms with Gasteiger partial charge in [0.15, 0.2) is 11.5 Å². The molecule has 0 aliphatic rings. The largest absolute Gasteiger partial charge is 0.496 e. The van der Waals surface area contributed by atoms with Crippen molar-refractivity contribution in [3.63, 3.8) is 0 Å². The molecule has 2 aromatic carbocycles. The van der Waals surface area contributed by atoms with E-state index in [1.165, 1.54) is 5.56 Å². The number of likely N-dealkylation sites (N-methyl/N-ethyl adjacent to an activating group) is 1. The lowest BCUT2D eigenvalue weighted by molar-refractivity contribution is 0.316. The van der Waals surface area contributed by atoms with Crippen LogP contribution in [0, 0.1) is 0 Å². The van der Waals surface area contributed by atoms with Gasteiger partial charge in [-0.3, -0.25) is 0 Å². The SMILES string of the molecule is COc1ccccc1CN(C)CCc1cc(OC)c(OC)c(OC)c1. The Morgan fingerprint density at radius 2 is 1.40 bits per heavy atom. The minimum absolute atomic E-state index is 0.621. The lowest BCUT2D eigenvalue weighted by Gasteiger charge is -2.19. The number of benzene rings is 2. The summed E-state index contributed by atoms with van der Waals surface area (Å²) in [6.45, 7) is 1.73. The standard InChI is InChI=1S/C20H27NO4/c1-21(14-16-8-6-7-9-17(16)22-2)11-10-15-12-18(23-3)20(25-5)19(13-15)24-4/h6-9,12-13H,10-11,14H2,1-5H3. The van der Waals surface area contributed by atoms with Crippen molar-refractivity contribution in [3.05, 3.63) is 47.5 Å². The van der Waals surface area contributed by atoms with E-state index in [0.717, 1.165) is 30.8 Å². The second-order valence-electron chi connectivity index (χ2n) is 5.83. The highest BCUT2D eigenvalue weighted by Gasteiger charge is 2.13. The number of nitrogens with zero attached hydrogens (tertiary/aromatic N) is 1. The van der Waals surface area contributed by atoms with E-state index < -0.39 is 0 Å². The Bertz CT molecular complexity index is 662. The highest BCUT2D eigenvalue weighted by Crippen LogP contribution is 2.38. The van der Waals surface area contributed by atoms with E-state index in [0.29, 0.717) is 17.2 Å². The van der Waals surface area contributed by atoms with Gasteiger partial charge in [0.05, 0.1) is 28.4 Å². The maximum Gasteiger partial charge on any atom is 0.203 e. The first-order chi connectivity index (χ1) is 12.1. The molecule has 0 atom stereocenters. The van der Waals surface area contributed by atoms with Crippen LogP contribution in [-0.2, 0) is 13.0 Å². The Hall–Kier alpha value is -2.40. The fourth-order valence-corrected chi connectivity index (χ4v) is 2.80. The molecule has 5 heteroatoms. The van der Waals surface area contributed by atoms with Gasteiger partial charge in [-0.25, -0.2) is 0 Å². The molecule has 0 radical (unpaired) electrons. The van der Waals surface area contributed by atoms with Crippen LogP contribution >= 0.6 is 0 Å². The average molecular weight is 345 g/mol. The van der Waals surface area contributed by atoms with Gasteiger partial charge in [0.2, 0.25) is 5.75 Å². The van der Waals surface area contributed by atoms with E-state index in [1.54, 1.807) is 28.4 Å². The molecule has 0 aliphatic heterocycles. The fraction of sp³-hybridized carbons (Fsp3) is 0.400. The maximum absolute atomic E-state index is 5.42. The second kappa shape index (κ2) is 9.18. The van der Waals surface area contributed by atoms with Crippen molar-refractivity contribution in [2.75, 3.05) is 42.0 Å². The molecule has 0 spiro atoms. The first-order valence-electron chi connectivity index (χ1n) is 8.22. The second-order valence-corrected chi connectivity index (χ2v) is 5.83. The maximum atomic E-state index is 5.42. The predicted octanol–water partition coefficient (Wildman–Crippen LogP) is 3.40. The van der Waals surface area contributed by atoms with Gasteiger partial charge in [0.25, 0.3) is 0 Å². The molecule has 5 nitrogen and oxygen atoms in total. The van der Waals surface area contributed by atoms with E-state index in [-0.39, 0.29) is 0 Å². The predicted molar refractivity (Wildman–Crippen MR) is 99.1 cm³/mol. The van der Waals surface area contributed by atoms with Gasteiger partial charge in [0, 0.05) is 18.7 Å². The topological polar surface area (TPSA) is 40.2 Å². The molecule has 0 heterocycles. The van der Waals surface area contributed by atoms with E-state index in [4.69, 9.17) is 18.9 Å². The lowest BCUT2D eigenvalue weighted by Crippen LogP contribution is -2.21. The highest BCUT2D eigenvalue weighted by molar-refractivity contribution is 5.53. The summed E-state index contributed by atoms with van der Waals surface area (Å²) in [4.78, 5) is 2.26. The number of rotatable bonds is 9. The highest BCUT2D eigenvalue weighted by atomic mass is 16.5. The summed E-state index contributed by atoms with van der Waals surface area (Å²) in [5.74, 6) is 2.91. The van der Waals surface area contributed by atoms with Gasteiger partial charge in [-0.1, -0.05) is 18.2 Å². The van der Waals surface area contributed by atoms with E-state index >= 15 is 0 Å². The molecule has 0 aliphatic carbocycles. The Balaban J connectivity index is 2.05. The molecule has 2 aromatic rings. The number of methoxy groups -OCH3 is 4. The summed E-state index contributed by atoms with van der Waals surface area (Å²) in [7, 11) is 8.68.